The molecule has 2 N–H and O–H groups in total. The number of hydrogen-bond donors (Lipinski definition) is 1. The lowest BCUT2D eigenvalue weighted by molar-refractivity contribution is -0.0451. The maximum atomic E-state index is 6.10. The lowest BCUT2D eigenvalue weighted by Gasteiger charge is -2.48. The zero-order chi connectivity index (χ0) is 11.6. The quantitative estimate of drug-likeness (QED) is 0.797. The molecule has 2 rings (SSSR count). The van der Waals surface area contributed by atoms with Crippen LogP contribution in [0.15, 0.2) is 0 Å². The van der Waals surface area contributed by atoms with E-state index in [-0.39, 0.29) is 5.54 Å². The van der Waals surface area contributed by atoms with E-state index in [4.69, 9.17) is 10.5 Å². The molecule has 0 aromatic heterocycles. The summed E-state index contributed by atoms with van der Waals surface area (Å²) in [5.74, 6) is 0. The standard InChI is InChI=1S/C13H26N2O/c1-3-12-5-4-11(2)15(12)13(10-14)6-8-16-9-7-13/h11-12H,3-10,14H2,1-2H3. The van der Waals surface area contributed by atoms with Gasteiger partial charge in [-0.2, -0.15) is 0 Å². The molecule has 2 unspecified atom stereocenters. The minimum Gasteiger partial charge on any atom is -0.381 e. The highest BCUT2D eigenvalue weighted by atomic mass is 16.5. The molecule has 2 aliphatic rings. The van der Waals surface area contributed by atoms with Crippen molar-refractivity contribution in [1.29, 1.82) is 0 Å². The van der Waals surface area contributed by atoms with Crippen LogP contribution in [0.25, 0.3) is 0 Å². The molecule has 2 atom stereocenters. The van der Waals surface area contributed by atoms with Gasteiger partial charge in [-0.25, -0.2) is 0 Å². The minimum absolute atomic E-state index is 0.231. The zero-order valence-electron chi connectivity index (χ0n) is 10.7. The third-order valence-electron chi connectivity index (χ3n) is 4.61. The Labute approximate surface area is 99.3 Å². The van der Waals surface area contributed by atoms with Crippen LogP contribution in [0, 0.1) is 0 Å². The van der Waals surface area contributed by atoms with Crippen LogP contribution in [0.3, 0.4) is 0 Å². The van der Waals surface area contributed by atoms with Crippen molar-refractivity contribution in [2.24, 2.45) is 5.73 Å². The smallest absolute Gasteiger partial charge is 0.0484 e. The minimum atomic E-state index is 0.231. The fraction of sp³-hybridized carbons (Fsp3) is 1.00. The fourth-order valence-corrected chi connectivity index (χ4v) is 3.65. The molecule has 2 fully saturated rings. The van der Waals surface area contributed by atoms with Crippen molar-refractivity contribution in [2.75, 3.05) is 19.8 Å². The summed E-state index contributed by atoms with van der Waals surface area (Å²) in [7, 11) is 0. The number of nitrogens with two attached hydrogens (primary N) is 1. The van der Waals surface area contributed by atoms with Crippen LogP contribution < -0.4 is 5.73 Å². The van der Waals surface area contributed by atoms with Crippen LogP contribution in [-0.2, 0) is 4.74 Å². The summed E-state index contributed by atoms with van der Waals surface area (Å²) in [6.45, 7) is 7.23. The third-order valence-corrected chi connectivity index (χ3v) is 4.61. The Hall–Kier alpha value is -0.120. The first-order chi connectivity index (χ1) is 7.73. The Morgan fingerprint density at radius 2 is 2.00 bits per heavy atom. The molecule has 0 aromatic carbocycles. The molecular weight excluding hydrogens is 200 g/mol. The zero-order valence-corrected chi connectivity index (χ0v) is 10.7. The summed E-state index contributed by atoms with van der Waals surface area (Å²) >= 11 is 0. The van der Waals surface area contributed by atoms with Crippen molar-refractivity contribution in [2.45, 2.75) is 63.6 Å². The lowest BCUT2D eigenvalue weighted by Crippen LogP contribution is -2.60. The van der Waals surface area contributed by atoms with Crippen molar-refractivity contribution in [3.8, 4) is 0 Å². The summed E-state index contributed by atoms with van der Waals surface area (Å²) in [5, 5.41) is 0. The van der Waals surface area contributed by atoms with Gasteiger partial charge in [-0.15, -0.1) is 0 Å². The van der Waals surface area contributed by atoms with Crippen LogP contribution in [0.1, 0.15) is 46.0 Å². The number of nitrogens with zero attached hydrogens (tertiary/aromatic N) is 1. The molecule has 0 saturated carbocycles. The molecule has 0 bridgehead atoms. The van der Waals surface area contributed by atoms with Crippen molar-refractivity contribution in [3.63, 3.8) is 0 Å². The maximum Gasteiger partial charge on any atom is 0.0484 e. The molecule has 2 heterocycles. The van der Waals surface area contributed by atoms with Crippen LogP contribution in [0.4, 0.5) is 0 Å². The molecule has 0 radical (unpaired) electrons. The van der Waals surface area contributed by atoms with Gasteiger partial charge in [0.2, 0.25) is 0 Å². The highest BCUT2D eigenvalue weighted by Gasteiger charge is 2.45. The highest BCUT2D eigenvalue weighted by molar-refractivity contribution is 5.01. The largest absolute Gasteiger partial charge is 0.381 e. The topological polar surface area (TPSA) is 38.5 Å². The maximum absolute atomic E-state index is 6.10. The molecule has 0 aromatic rings. The Morgan fingerprint density at radius 1 is 1.31 bits per heavy atom. The normalized spacial score (nSPS) is 35.4. The Morgan fingerprint density at radius 3 is 2.56 bits per heavy atom. The van der Waals surface area contributed by atoms with E-state index in [9.17, 15) is 0 Å². The fourth-order valence-electron chi connectivity index (χ4n) is 3.65. The van der Waals surface area contributed by atoms with Crippen molar-refractivity contribution in [1.82, 2.24) is 4.90 Å². The summed E-state index contributed by atoms with van der Waals surface area (Å²) in [5.41, 5.74) is 6.33. The monoisotopic (exact) mass is 226 g/mol. The average molecular weight is 226 g/mol. The summed E-state index contributed by atoms with van der Waals surface area (Å²) in [4.78, 5) is 2.73. The van der Waals surface area contributed by atoms with Gasteiger partial charge in [0.1, 0.15) is 0 Å². The van der Waals surface area contributed by atoms with E-state index in [1.165, 1.54) is 19.3 Å². The van der Waals surface area contributed by atoms with Gasteiger partial charge < -0.3 is 10.5 Å². The van der Waals surface area contributed by atoms with E-state index in [0.29, 0.717) is 6.04 Å². The second kappa shape index (κ2) is 5.03. The van der Waals surface area contributed by atoms with Crippen LogP contribution in [0.5, 0.6) is 0 Å². The van der Waals surface area contributed by atoms with Crippen LogP contribution in [-0.4, -0.2) is 42.3 Å². The van der Waals surface area contributed by atoms with Gasteiger partial charge in [0.05, 0.1) is 0 Å². The molecule has 0 aliphatic carbocycles. The van der Waals surface area contributed by atoms with Gasteiger partial charge in [0.25, 0.3) is 0 Å². The molecular formula is C13H26N2O. The second-order valence-electron chi connectivity index (χ2n) is 5.44. The Bertz CT molecular complexity index is 226. The predicted octanol–water partition coefficient (Wildman–Crippen LogP) is 1.76. The first kappa shape index (κ1) is 12.3. The molecule has 94 valence electrons. The molecule has 16 heavy (non-hydrogen) atoms. The second-order valence-corrected chi connectivity index (χ2v) is 5.44. The lowest BCUT2D eigenvalue weighted by atomic mass is 9.86. The van der Waals surface area contributed by atoms with Gasteiger partial charge in [-0.1, -0.05) is 6.92 Å². The number of rotatable bonds is 3. The molecule has 0 spiro atoms. The summed E-state index contributed by atoms with van der Waals surface area (Å²) in [6.07, 6.45) is 6.17. The third kappa shape index (κ3) is 2.01. The SMILES string of the molecule is CCC1CCC(C)N1C1(CN)CCOCC1. The van der Waals surface area contributed by atoms with E-state index in [1.54, 1.807) is 0 Å². The molecule has 0 amide bonds. The number of hydrogen-bond acceptors (Lipinski definition) is 3. The number of likely N-dealkylation sites (tertiary alicyclic amines) is 1. The predicted molar refractivity (Wildman–Crippen MR) is 66.5 cm³/mol. The Balaban J connectivity index is 2.17. The van der Waals surface area contributed by atoms with E-state index in [1.807, 2.05) is 0 Å². The number of ether oxygens (including phenoxy) is 1. The van der Waals surface area contributed by atoms with Gasteiger partial charge in [-0.05, 0) is 39.0 Å². The molecule has 3 heteroatoms. The van der Waals surface area contributed by atoms with Crippen molar-refractivity contribution >= 4 is 0 Å². The Kier molecular flexibility index (Phi) is 3.88. The van der Waals surface area contributed by atoms with Crippen LogP contribution in [0.2, 0.25) is 0 Å². The molecule has 2 aliphatic heterocycles. The van der Waals surface area contributed by atoms with E-state index in [0.717, 1.165) is 38.6 Å². The average Bonchev–Trinajstić information content (AvgIpc) is 2.72. The van der Waals surface area contributed by atoms with Crippen LogP contribution >= 0.6 is 0 Å². The van der Waals surface area contributed by atoms with Gasteiger partial charge >= 0.3 is 0 Å². The summed E-state index contributed by atoms with van der Waals surface area (Å²) < 4.78 is 5.51. The van der Waals surface area contributed by atoms with Crippen molar-refractivity contribution < 1.29 is 4.74 Å². The first-order valence-corrected chi connectivity index (χ1v) is 6.80. The molecule has 3 nitrogen and oxygen atoms in total. The van der Waals surface area contributed by atoms with Crippen molar-refractivity contribution in [3.05, 3.63) is 0 Å². The molecule has 2 saturated heterocycles. The van der Waals surface area contributed by atoms with Gasteiger partial charge in [0, 0.05) is 37.4 Å². The van der Waals surface area contributed by atoms with E-state index in [2.05, 4.69) is 18.7 Å². The van der Waals surface area contributed by atoms with Gasteiger partial charge in [-0.3, -0.25) is 4.90 Å². The first-order valence-electron chi connectivity index (χ1n) is 6.80. The van der Waals surface area contributed by atoms with E-state index < -0.39 is 0 Å². The van der Waals surface area contributed by atoms with Gasteiger partial charge in [0.15, 0.2) is 0 Å². The van der Waals surface area contributed by atoms with E-state index >= 15 is 0 Å². The highest BCUT2D eigenvalue weighted by Crippen LogP contribution is 2.38. The summed E-state index contributed by atoms with van der Waals surface area (Å²) in [6, 6.07) is 1.45.